The molecule has 0 radical (unpaired) electrons. The Balaban J connectivity index is 2.36. The van der Waals surface area contributed by atoms with E-state index in [-0.39, 0.29) is 0 Å². The molecule has 2 bridgehead atoms. The van der Waals surface area contributed by atoms with E-state index in [1.807, 2.05) is 0 Å². The Morgan fingerprint density at radius 1 is 0.909 bits per heavy atom. The summed E-state index contributed by atoms with van der Waals surface area (Å²) in [5, 5.41) is -4.23. The van der Waals surface area contributed by atoms with E-state index >= 15 is 4.39 Å². The molecule has 8 heteroatoms. The van der Waals surface area contributed by atoms with Crippen molar-refractivity contribution in [3.8, 4) is 0 Å². The third-order valence-electron chi connectivity index (χ3n) is 4.20. The van der Waals surface area contributed by atoms with Gasteiger partial charge in [0, 0.05) is 6.42 Å². The van der Waals surface area contributed by atoms with E-state index in [0.717, 1.165) is 12.1 Å². The molecule has 3 aliphatic carbocycles. The summed E-state index contributed by atoms with van der Waals surface area (Å²) in [5.41, 5.74) is -12.7. The minimum Gasteiger partial charge on any atom is -0.290 e. The second kappa shape index (κ2) is 4.07. The summed E-state index contributed by atoms with van der Waals surface area (Å²) < 4.78 is 86.2. The molecule has 1 nitrogen and oxygen atoms in total. The Hall–Kier alpha value is -1.50. The van der Waals surface area contributed by atoms with E-state index in [0.29, 0.717) is 0 Å². The average molecular weight is 341 g/mol. The van der Waals surface area contributed by atoms with Crippen molar-refractivity contribution in [2.75, 3.05) is 0 Å². The van der Waals surface area contributed by atoms with Crippen LogP contribution in [0.4, 0.5) is 26.3 Å². The van der Waals surface area contributed by atoms with Crippen LogP contribution in [0, 0.1) is 0 Å². The summed E-state index contributed by atoms with van der Waals surface area (Å²) in [5.74, 6) is -7.68. The number of Topliss-reactive ketones (excluding diaryl/α,β-unsaturated/α-hetero) is 1. The molecule has 1 saturated carbocycles. The van der Waals surface area contributed by atoms with Crippen LogP contribution in [0.25, 0.3) is 0 Å². The molecule has 4 rings (SSSR count). The minimum atomic E-state index is -4.37. The van der Waals surface area contributed by atoms with Gasteiger partial charge in [0.05, 0.1) is 0 Å². The predicted octanol–water partition coefficient (Wildman–Crippen LogP) is 4.31. The Kier molecular flexibility index (Phi) is 2.85. The fraction of sp³-hybridized carbons (Fsp3) is 0.357. The highest BCUT2D eigenvalue weighted by molar-refractivity contribution is 6.37. The monoisotopic (exact) mass is 340 g/mol. The summed E-state index contributed by atoms with van der Waals surface area (Å²) in [6.45, 7) is 0. The van der Waals surface area contributed by atoms with Gasteiger partial charge in [-0.1, -0.05) is 41.9 Å². The van der Waals surface area contributed by atoms with Gasteiger partial charge in [0.25, 0.3) is 10.8 Å². The van der Waals surface area contributed by atoms with Crippen molar-refractivity contribution in [2.45, 2.75) is 28.6 Å². The van der Waals surface area contributed by atoms with Crippen LogP contribution in [-0.2, 0) is 10.5 Å². The summed E-state index contributed by atoms with van der Waals surface area (Å²) >= 11 is 4.99. The molecular weight excluding hydrogens is 334 g/mol. The lowest BCUT2D eigenvalue weighted by Gasteiger charge is -2.53. The van der Waals surface area contributed by atoms with Gasteiger partial charge < -0.3 is 0 Å². The molecule has 0 saturated heterocycles. The van der Waals surface area contributed by atoms with Crippen molar-refractivity contribution in [1.82, 2.24) is 0 Å². The van der Waals surface area contributed by atoms with Crippen LogP contribution in [0.15, 0.2) is 42.0 Å². The van der Waals surface area contributed by atoms with E-state index < -0.39 is 51.6 Å². The number of benzene rings is 1. The fourth-order valence-electron chi connectivity index (χ4n) is 2.96. The molecule has 0 amide bonds. The van der Waals surface area contributed by atoms with Gasteiger partial charge in [-0.3, -0.25) is 4.79 Å². The number of hydrogen-bond donors (Lipinski definition) is 0. The molecule has 1 aromatic carbocycles. The van der Waals surface area contributed by atoms with Gasteiger partial charge in [0.2, 0.25) is 11.5 Å². The molecule has 0 unspecified atom stereocenters. The van der Waals surface area contributed by atoms with Gasteiger partial charge >= 0.3 is 0 Å². The molecule has 22 heavy (non-hydrogen) atoms. The van der Waals surface area contributed by atoms with E-state index in [4.69, 9.17) is 11.6 Å². The van der Waals surface area contributed by atoms with E-state index in [1.54, 1.807) is 0 Å². The SMILES string of the molecule is O=C1[C@@]2(F)C(F)=C(F)[C@](F)(C[C@]2(F)c2ccccc2)[C@@]1(F)Cl. The molecule has 0 N–H and O–H groups in total. The molecule has 3 aliphatic rings. The van der Waals surface area contributed by atoms with Crippen molar-refractivity contribution < 1.29 is 31.1 Å². The molecule has 1 aromatic rings. The number of rotatable bonds is 1. The van der Waals surface area contributed by atoms with Gasteiger partial charge in [0.15, 0.2) is 17.3 Å². The largest absolute Gasteiger partial charge is 0.290 e. The lowest BCUT2D eigenvalue weighted by molar-refractivity contribution is -0.189. The zero-order valence-electron chi connectivity index (χ0n) is 10.6. The van der Waals surface area contributed by atoms with Gasteiger partial charge in [-0.15, -0.1) is 0 Å². The first-order chi connectivity index (χ1) is 10.0. The second-order valence-electron chi connectivity index (χ2n) is 5.34. The Morgan fingerprint density at radius 2 is 1.45 bits per heavy atom. The molecule has 0 aromatic heterocycles. The summed E-state index contributed by atoms with van der Waals surface area (Å²) in [6, 6.07) is 5.76. The zero-order chi connectivity index (χ0) is 16.6. The number of carbonyl (C=O) groups is 1. The third-order valence-corrected chi connectivity index (χ3v) is 4.67. The number of allylic oxidation sites excluding steroid dienone is 2. The van der Waals surface area contributed by atoms with Crippen LogP contribution in [0.5, 0.6) is 0 Å². The molecule has 4 atom stereocenters. The maximum Gasteiger partial charge on any atom is 0.285 e. The van der Waals surface area contributed by atoms with E-state index in [9.17, 15) is 26.7 Å². The van der Waals surface area contributed by atoms with Crippen LogP contribution in [-0.4, -0.2) is 22.2 Å². The maximum atomic E-state index is 15.1. The number of alkyl halides is 5. The molecule has 1 fully saturated rings. The highest BCUT2D eigenvalue weighted by Crippen LogP contribution is 2.67. The number of fused-ring (bicyclic) bond motifs is 2. The van der Waals surface area contributed by atoms with Gasteiger partial charge in [0.1, 0.15) is 0 Å². The lowest BCUT2D eigenvalue weighted by Crippen LogP contribution is -2.74. The van der Waals surface area contributed by atoms with Gasteiger partial charge in [-0.2, -0.15) is 0 Å². The predicted molar refractivity (Wildman–Crippen MR) is 65.5 cm³/mol. The molecular formula is C14H7ClF6O. The number of carbonyl (C=O) groups excluding carboxylic acids is 1. The summed E-state index contributed by atoms with van der Waals surface area (Å²) in [4.78, 5) is 11.8. The van der Waals surface area contributed by atoms with Crippen molar-refractivity contribution in [3.63, 3.8) is 0 Å². The normalized spacial score (nSPS) is 44.6. The van der Waals surface area contributed by atoms with Crippen molar-refractivity contribution >= 4 is 17.4 Å². The van der Waals surface area contributed by atoms with Gasteiger partial charge in [-0.25, -0.2) is 26.3 Å². The first-order valence-corrected chi connectivity index (χ1v) is 6.52. The van der Waals surface area contributed by atoms with E-state index in [1.165, 1.54) is 18.2 Å². The van der Waals surface area contributed by atoms with Crippen LogP contribution in [0.3, 0.4) is 0 Å². The lowest BCUT2D eigenvalue weighted by atomic mass is 9.58. The summed E-state index contributed by atoms with van der Waals surface area (Å²) in [7, 11) is 0. The van der Waals surface area contributed by atoms with Crippen molar-refractivity contribution in [3.05, 3.63) is 47.5 Å². The summed E-state index contributed by atoms with van der Waals surface area (Å²) in [6.07, 6.45) is -1.80. The number of halogens is 7. The topological polar surface area (TPSA) is 17.1 Å². The van der Waals surface area contributed by atoms with Crippen LogP contribution < -0.4 is 0 Å². The standard InChI is InChI=1S/C14H7ClF6O/c15-14(21)10(22)13(20)9(17)8(16)12(14,19)6-11(13,18)7-4-2-1-3-5-7/h1-5H,6H2/t11-,12+,13-,14+/m0/s1. The van der Waals surface area contributed by atoms with Crippen molar-refractivity contribution in [1.29, 1.82) is 0 Å². The highest BCUT2D eigenvalue weighted by Gasteiger charge is 2.85. The van der Waals surface area contributed by atoms with Crippen molar-refractivity contribution in [2.24, 2.45) is 0 Å². The van der Waals surface area contributed by atoms with Crippen LogP contribution in [0.1, 0.15) is 12.0 Å². The Morgan fingerprint density at radius 3 is 2.00 bits per heavy atom. The molecule has 118 valence electrons. The Labute approximate surface area is 125 Å². The first-order valence-electron chi connectivity index (χ1n) is 6.14. The number of hydrogen-bond acceptors (Lipinski definition) is 1. The van der Waals surface area contributed by atoms with E-state index in [2.05, 4.69) is 0 Å². The quantitative estimate of drug-likeness (QED) is 0.550. The minimum absolute atomic E-state index is 0.623. The first kappa shape index (κ1) is 15.4. The van der Waals surface area contributed by atoms with Crippen LogP contribution >= 0.6 is 11.6 Å². The number of ketones is 1. The average Bonchev–Trinajstić information content (AvgIpc) is 2.49. The molecule has 0 spiro atoms. The highest BCUT2D eigenvalue weighted by atomic mass is 35.5. The smallest absolute Gasteiger partial charge is 0.285 e. The molecule has 0 heterocycles. The molecule has 0 aliphatic heterocycles. The van der Waals surface area contributed by atoms with Crippen LogP contribution in [0.2, 0.25) is 0 Å². The second-order valence-corrected chi connectivity index (χ2v) is 5.86. The Bertz CT molecular complexity index is 705. The third kappa shape index (κ3) is 1.36. The van der Waals surface area contributed by atoms with Gasteiger partial charge in [-0.05, 0) is 5.56 Å². The fourth-order valence-corrected chi connectivity index (χ4v) is 3.24. The maximum absolute atomic E-state index is 15.1. The zero-order valence-corrected chi connectivity index (χ0v) is 11.4.